The molecule has 20 heavy (non-hydrogen) atoms. The van der Waals surface area contributed by atoms with E-state index >= 15 is 0 Å². The minimum absolute atomic E-state index is 0. The summed E-state index contributed by atoms with van der Waals surface area (Å²) in [6.45, 7) is 1.38. The lowest BCUT2D eigenvalue weighted by Crippen LogP contribution is -2.31. The molecule has 108 valence electrons. The zero-order chi connectivity index (χ0) is 13.7. The highest BCUT2D eigenvalue weighted by Gasteiger charge is 2.10. The third kappa shape index (κ3) is 3.82. The first-order valence-corrected chi connectivity index (χ1v) is 6.27. The Morgan fingerprint density at radius 3 is 2.75 bits per heavy atom. The van der Waals surface area contributed by atoms with Gasteiger partial charge in [-0.3, -0.25) is 9.59 Å². The fourth-order valence-corrected chi connectivity index (χ4v) is 1.88. The van der Waals surface area contributed by atoms with Crippen LogP contribution in [-0.4, -0.2) is 31.0 Å². The number of rotatable bonds is 5. The van der Waals surface area contributed by atoms with Crippen molar-refractivity contribution < 1.29 is 4.79 Å². The summed E-state index contributed by atoms with van der Waals surface area (Å²) in [5, 5.41) is 6.59. The Labute approximate surface area is 123 Å². The van der Waals surface area contributed by atoms with Crippen LogP contribution in [0.2, 0.25) is 0 Å². The Morgan fingerprint density at radius 1 is 1.25 bits per heavy atom. The molecule has 2 aromatic rings. The van der Waals surface area contributed by atoms with Gasteiger partial charge < -0.3 is 15.6 Å². The van der Waals surface area contributed by atoms with E-state index in [4.69, 9.17) is 0 Å². The molecule has 1 amide bonds. The van der Waals surface area contributed by atoms with Crippen LogP contribution in [0.1, 0.15) is 16.8 Å². The minimum Gasteiger partial charge on any atom is -0.352 e. The molecule has 5 nitrogen and oxygen atoms in total. The lowest BCUT2D eigenvalue weighted by molar-refractivity contribution is 0.0952. The largest absolute Gasteiger partial charge is 0.352 e. The maximum Gasteiger partial charge on any atom is 0.261 e. The Bertz CT molecular complexity index is 640. The number of benzene rings is 1. The maximum atomic E-state index is 11.9. The number of halogens is 1. The van der Waals surface area contributed by atoms with E-state index < -0.39 is 0 Å². The molecule has 0 aliphatic rings. The molecule has 3 N–H and O–H groups in total. The first-order valence-electron chi connectivity index (χ1n) is 6.27. The lowest BCUT2D eigenvalue weighted by Gasteiger charge is -2.05. The summed E-state index contributed by atoms with van der Waals surface area (Å²) in [6, 6.07) is 9.01. The van der Waals surface area contributed by atoms with Gasteiger partial charge in [-0.05, 0) is 37.5 Å². The number of para-hydroxylation sites is 1. The minimum atomic E-state index is -0.357. The van der Waals surface area contributed by atoms with Crippen molar-refractivity contribution >= 4 is 29.2 Å². The fraction of sp³-hybridized carbons (Fsp3) is 0.286. The predicted octanol–water partition coefficient (Wildman–Crippen LogP) is 1.29. The van der Waals surface area contributed by atoms with Crippen LogP contribution in [0.3, 0.4) is 0 Å². The van der Waals surface area contributed by atoms with Gasteiger partial charge in [0.2, 0.25) is 0 Å². The molecule has 0 spiro atoms. The van der Waals surface area contributed by atoms with Gasteiger partial charge in [-0.1, -0.05) is 18.2 Å². The molecule has 1 heterocycles. The number of carbonyl (C=O) groups is 1. The Morgan fingerprint density at radius 2 is 2.00 bits per heavy atom. The standard InChI is InChI=1S/C14H17N3O2.ClH/c1-15-7-4-8-16-13(18)11-9-10-5-2-3-6-12(10)17-14(11)19;/h2-3,5-6,9,15H,4,7-8H2,1H3,(H,16,18)(H,17,19);1H. The van der Waals surface area contributed by atoms with Gasteiger partial charge >= 0.3 is 0 Å². The van der Waals surface area contributed by atoms with Crippen molar-refractivity contribution in [3.05, 3.63) is 46.2 Å². The van der Waals surface area contributed by atoms with Crippen molar-refractivity contribution in [1.82, 2.24) is 15.6 Å². The molecule has 0 atom stereocenters. The maximum absolute atomic E-state index is 11.9. The number of aromatic amines is 1. The van der Waals surface area contributed by atoms with Crippen LogP contribution in [-0.2, 0) is 0 Å². The third-order valence-electron chi connectivity index (χ3n) is 2.89. The Kier molecular flexibility index (Phi) is 6.21. The van der Waals surface area contributed by atoms with Crippen LogP contribution in [0.4, 0.5) is 0 Å². The highest BCUT2D eigenvalue weighted by Crippen LogP contribution is 2.09. The number of nitrogens with one attached hydrogen (secondary N) is 3. The second-order valence-electron chi connectivity index (χ2n) is 4.31. The van der Waals surface area contributed by atoms with Crippen molar-refractivity contribution in [2.45, 2.75) is 6.42 Å². The molecule has 0 aliphatic heterocycles. The predicted molar refractivity (Wildman–Crippen MR) is 82.7 cm³/mol. The van der Waals surface area contributed by atoms with Crippen molar-refractivity contribution in [2.24, 2.45) is 0 Å². The summed E-state index contributed by atoms with van der Waals surface area (Å²) in [4.78, 5) is 26.5. The second-order valence-corrected chi connectivity index (χ2v) is 4.31. The number of H-pyrrole nitrogens is 1. The molecule has 0 bridgehead atoms. The molecule has 0 aliphatic carbocycles. The van der Waals surface area contributed by atoms with E-state index in [0.29, 0.717) is 6.54 Å². The normalized spacial score (nSPS) is 10.1. The number of hydrogen-bond donors (Lipinski definition) is 3. The molecule has 0 saturated heterocycles. The summed E-state index contributed by atoms with van der Waals surface area (Å²) in [5.41, 5.74) is 0.534. The number of aromatic nitrogens is 1. The first-order chi connectivity index (χ1) is 9.22. The van der Waals surface area contributed by atoms with Crippen LogP contribution in [0.15, 0.2) is 35.1 Å². The summed E-state index contributed by atoms with van der Waals surface area (Å²) in [5.74, 6) is -0.330. The third-order valence-corrected chi connectivity index (χ3v) is 2.89. The number of fused-ring (bicyclic) bond motifs is 1. The van der Waals surface area contributed by atoms with Crippen LogP contribution >= 0.6 is 12.4 Å². The molecule has 1 aromatic heterocycles. The van der Waals surface area contributed by atoms with Gasteiger partial charge in [0.05, 0.1) is 0 Å². The summed E-state index contributed by atoms with van der Waals surface area (Å²) >= 11 is 0. The number of amides is 1. The highest BCUT2D eigenvalue weighted by molar-refractivity contribution is 5.97. The van der Waals surface area contributed by atoms with Gasteiger partial charge in [-0.25, -0.2) is 0 Å². The zero-order valence-corrected chi connectivity index (χ0v) is 12.0. The summed E-state index contributed by atoms with van der Waals surface area (Å²) in [7, 11) is 1.86. The van der Waals surface area contributed by atoms with Gasteiger partial charge in [0.15, 0.2) is 0 Å². The lowest BCUT2D eigenvalue weighted by atomic mass is 10.1. The quantitative estimate of drug-likeness (QED) is 0.728. The van der Waals surface area contributed by atoms with Crippen LogP contribution < -0.4 is 16.2 Å². The van der Waals surface area contributed by atoms with Gasteiger partial charge in [-0.2, -0.15) is 0 Å². The molecule has 0 saturated carbocycles. The number of hydrogen-bond acceptors (Lipinski definition) is 3. The van der Waals surface area contributed by atoms with E-state index in [0.717, 1.165) is 23.9 Å². The van der Waals surface area contributed by atoms with Gasteiger partial charge in [-0.15, -0.1) is 12.4 Å². The molecular weight excluding hydrogens is 278 g/mol. The second kappa shape index (κ2) is 7.67. The number of pyridine rings is 1. The van der Waals surface area contributed by atoms with Crippen molar-refractivity contribution in [3.63, 3.8) is 0 Å². The van der Waals surface area contributed by atoms with E-state index in [2.05, 4.69) is 15.6 Å². The van der Waals surface area contributed by atoms with E-state index in [1.54, 1.807) is 6.07 Å². The SMILES string of the molecule is CNCCCNC(=O)c1cc2ccccc2[nH]c1=O.Cl. The zero-order valence-electron chi connectivity index (χ0n) is 11.2. The Hall–Kier alpha value is -1.85. The van der Waals surface area contributed by atoms with E-state index in [9.17, 15) is 9.59 Å². The molecule has 6 heteroatoms. The Balaban J connectivity index is 0.00000200. The van der Waals surface area contributed by atoms with Gasteiger partial charge in [0.1, 0.15) is 5.56 Å². The van der Waals surface area contributed by atoms with Gasteiger partial charge in [0, 0.05) is 12.1 Å². The van der Waals surface area contributed by atoms with Crippen LogP contribution in [0, 0.1) is 0 Å². The van der Waals surface area contributed by atoms with Crippen LogP contribution in [0.25, 0.3) is 10.9 Å². The van der Waals surface area contributed by atoms with Crippen molar-refractivity contribution in [1.29, 1.82) is 0 Å². The summed E-state index contributed by atoms with van der Waals surface area (Å²) in [6.07, 6.45) is 0.827. The molecular formula is C14H18ClN3O2. The number of carbonyl (C=O) groups excluding carboxylic acids is 1. The summed E-state index contributed by atoms with van der Waals surface area (Å²) < 4.78 is 0. The van der Waals surface area contributed by atoms with E-state index in [-0.39, 0.29) is 29.4 Å². The van der Waals surface area contributed by atoms with E-state index in [1.807, 2.05) is 31.3 Å². The average Bonchev–Trinajstić information content (AvgIpc) is 2.42. The smallest absolute Gasteiger partial charge is 0.261 e. The molecule has 0 radical (unpaired) electrons. The topological polar surface area (TPSA) is 74.0 Å². The molecule has 0 unspecified atom stereocenters. The van der Waals surface area contributed by atoms with Crippen molar-refractivity contribution in [2.75, 3.05) is 20.1 Å². The highest BCUT2D eigenvalue weighted by atomic mass is 35.5. The monoisotopic (exact) mass is 295 g/mol. The fourth-order valence-electron chi connectivity index (χ4n) is 1.88. The van der Waals surface area contributed by atoms with Crippen LogP contribution in [0.5, 0.6) is 0 Å². The van der Waals surface area contributed by atoms with Crippen molar-refractivity contribution in [3.8, 4) is 0 Å². The van der Waals surface area contributed by atoms with E-state index in [1.165, 1.54) is 0 Å². The average molecular weight is 296 g/mol. The molecule has 1 aromatic carbocycles. The van der Waals surface area contributed by atoms with Gasteiger partial charge in [0.25, 0.3) is 11.5 Å². The molecule has 2 rings (SSSR count). The first kappa shape index (κ1) is 16.2. The molecule has 0 fully saturated rings.